The molecule has 5 rings (SSSR count). The Morgan fingerprint density at radius 2 is 1.57 bits per heavy atom. The van der Waals surface area contributed by atoms with Crippen LogP contribution in [0.5, 0.6) is 0 Å². The Balaban J connectivity index is 1.26. The Morgan fingerprint density at radius 3 is 2.31 bits per heavy atom. The van der Waals surface area contributed by atoms with Crippen molar-refractivity contribution in [2.75, 3.05) is 38.0 Å². The molecule has 7 nitrogen and oxygen atoms in total. The van der Waals surface area contributed by atoms with Crippen molar-refractivity contribution in [3.05, 3.63) is 64.8 Å². The summed E-state index contributed by atoms with van der Waals surface area (Å²) in [5.41, 5.74) is 2.17. The minimum absolute atomic E-state index is 0.0354. The predicted octanol–water partition coefficient (Wildman–Crippen LogP) is 4.69. The third-order valence-electron chi connectivity index (χ3n) is 7.41. The second-order valence-corrected chi connectivity index (χ2v) is 9.68. The number of nitrogens with zero attached hydrogens (tertiary/aromatic N) is 4. The smallest absolute Gasteiger partial charge is 0.324 e. The van der Waals surface area contributed by atoms with Gasteiger partial charge in [0.05, 0.1) is 16.7 Å². The van der Waals surface area contributed by atoms with Crippen LogP contribution in [0.3, 0.4) is 0 Å². The number of carbonyl (C=O) groups excluding carboxylic acids is 1. The Kier molecular flexibility index (Phi) is 7.18. The number of likely N-dealkylation sites (tertiary alicyclic amines) is 2. The molecule has 0 unspecified atom stereocenters. The van der Waals surface area contributed by atoms with E-state index < -0.39 is 5.82 Å². The summed E-state index contributed by atoms with van der Waals surface area (Å²) in [4.78, 5) is 30.4. The summed E-state index contributed by atoms with van der Waals surface area (Å²) in [7, 11) is 0. The molecule has 3 heterocycles. The number of benzene rings is 2. The topological polar surface area (TPSA) is 62.5 Å². The van der Waals surface area contributed by atoms with Crippen LogP contribution in [0.15, 0.2) is 53.3 Å². The molecule has 0 spiro atoms. The molecule has 0 aliphatic carbocycles. The average Bonchev–Trinajstić information content (AvgIpc) is 3.17. The normalized spacial score (nSPS) is 17.7. The van der Waals surface area contributed by atoms with Crippen molar-refractivity contribution in [3.8, 4) is 0 Å². The van der Waals surface area contributed by atoms with Crippen LogP contribution in [0.2, 0.25) is 0 Å². The number of carbonyl (C=O) groups is 1. The summed E-state index contributed by atoms with van der Waals surface area (Å²) in [6.45, 7) is 5.12. The zero-order valence-electron chi connectivity index (χ0n) is 20.2. The highest BCUT2D eigenvalue weighted by Gasteiger charge is 2.27. The van der Waals surface area contributed by atoms with E-state index in [1.165, 1.54) is 38.4 Å². The Labute approximate surface area is 205 Å². The average molecular weight is 480 g/mol. The van der Waals surface area contributed by atoms with Gasteiger partial charge in [-0.15, -0.1) is 0 Å². The first-order valence-electron chi connectivity index (χ1n) is 12.8. The fraction of sp³-hybridized carbons (Fsp3) is 0.481. The van der Waals surface area contributed by atoms with Gasteiger partial charge in [0, 0.05) is 25.7 Å². The lowest BCUT2D eigenvalue weighted by Crippen LogP contribution is -2.43. The molecule has 2 aliphatic rings. The molecule has 1 N–H and O–H groups in total. The van der Waals surface area contributed by atoms with Crippen LogP contribution >= 0.6 is 0 Å². The van der Waals surface area contributed by atoms with E-state index >= 15 is 0 Å². The number of para-hydroxylation sites is 3. The second-order valence-electron chi connectivity index (χ2n) is 9.68. The lowest BCUT2D eigenvalue weighted by atomic mass is 10.0. The first kappa shape index (κ1) is 23.6. The van der Waals surface area contributed by atoms with Crippen LogP contribution in [0.1, 0.15) is 44.6 Å². The molecule has 2 fully saturated rings. The van der Waals surface area contributed by atoms with Gasteiger partial charge in [-0.3, -0.25) is 9.13 Å². The van der Waals surface area contributed by atoms with E-state index in [-0.39, 0.29) is 23.5 Å². The van der Waals surface area contributed by atoms with Crippen LogP contribution in [0.4, 0.5) is 14.9 Å². The summed E-state index contributed by atoms with van der Waals surface area (Å²) < 4.78 is 17.8. The number of aromatic nitrogens is 2. The minimum atomic E-state index is -0.449. The number of piperidine rings is 2. The van der Waals surface area contributed by atoms with Crippen molar-refractivity contribution in [1.29, 1.82) is 0 Å². The maximum atomic E-state index is 13.9. The molecule has 0 radical (unpaired) electrons. The molecule has 2 amide bonds. The quantitative estimate of drug-likeness (QED) is 0.558. The van der Waals surface area contributed by atoms with Crippen LogP contribution < -0.4 is 11.0 Å². The van der Waals surface area contributed by atoms with Gasteiger partial charge in [-0.05, 0) is 76.0 Å². The SMILES string of the molecule is O=C(Nc1ccccc1F)N1CCC(n2c(=O)n(CCCN3CCCCC3)c3ccccc32)CC1. The highest BCUT2D eigenvalue weighted by Crippen LogP contribution is 2.26. The van der Waals surface area contributed by atoms with Crippen molar-refractivity contribution in [2.45, 2.75) is 51.1 Å². The van der Waals surface area contributed by atoms with Crippen molar-refractivity contribution < 1.29 is 9.18 Å². The Bertz CT molecular complexity index is 1220. The van der Waals surface area contributed by atoms with E-state index in [1.807, 2.05) is 33.4 Å². The van der Waals surface area contributed by atoms with Crippen molar-refractivity contribution >= 4 is 22.8 Å². The molecule has 0 atom stereocenters. The van der Waals surface area contributed by atoms with Gasteiger partial charge in [-0.1, -0.05) is 30.7 Å². The van der Waals surface area contributed by atoms with E-state index in [9.17, 15) is 14.0 Å². The number of urea groups is 1. The zero-order valence-corrected chi connectivity index (χ0v) is 20.2. The van der Waals surface area contributed by atoms with E-state index in [4.69, 9.17) is 0 Å². The van der Waals surface area contributed by atoms with Gasteiger partial charge >= 0.3 is 11.7 Å². The molecular weight excluding hydrogens is 445 g/mol. The molecule has 1 aromatic heterocycles. The fourth-order valence-electron chi connectivity index (χ4n) is 5.52. The summed E-state index contributed by atoms with van der Waals surface area (Å²) >= 11 is 0. The maximum Gasteiger partial charge on any atom is 0.329 e. The van der Waals surface area contributed by atoms with Gasteiger partial charge in [-0.25, -0.2) is 14.0 Å². The van der Waals surface area contributed by atoms with Crippen LogP contribution in [-0.4, -0.2) is 57.7 Å². The van der Waals surface area contributed by atoms with Gasteiger partial charge in [0.1, 0.15) is 5.82 Å². The van der Waals surface area contributed by atoms with E-state index in [0.29, 0.717) is 32.5 Å². The molecule has 8 heteroatoms. The monoisotopic (exact) mass is 479 g/mol. The predicted molar refractivity (Wildman–Crippen MR) is 136 cm³/mol. The first-order valence-corrected chi connectivity index (χ1v) is 12.8. The van der Waals surface area contributed by atoms with Gasteiger partial charge in [0.15, 0.2) is 0 Å². The van der Waals surface area contributed by atoms with E-state index in [1.54, 1.807) is 23.1 Å². The number of fused-ring (bicyclic) bond motifs is 1. The lowest BCUT2D eigenvalue weighted by molar-refractivity contribution is 0.183. The number of hydrogen-bond acceptors (Lipinski definition) is 3. The summed E-state index contributed by atoms with van der Waals surface area (Å²) in [5, 5.41) is 2.67. The highest BCUT2D eigenvalue weighted by molar-refractivity contribution is 5.89. The Morgan fingerprint density at radius 1 is 0.886 bits per heavy atom. The van der Waals surface area contributed by atoms with Crippen molar-refractivity contribution in [1.82, 2.24) is 18.9 Å². The Hall–Kier alpha value is -3.13. The molecule has 0 bridgehead atoms. The number of imidazole rings is 1. The van der Waals surface area contributed by atoms with Gasteiger partial charge < -0.3 is 15.1 Å². The first-order chi connectivity index (χ1) is 17.1. The van der Waals surface area contributed by atoms with E-state index in [0.717, 1.165) is 24.0 Å². The summed E-state index contributed by atoms with van der Waals surface area (Å²) in [5.74, 6) is -0.449. The standard InChI is InChI=1S/C27H34FN5O2/c28-22-9-2-3-10-23(22)29-26(34)31-19-13-21(14-20-31)33-25-12-5-4-11-24(25)32(27(33)35)18-8-17-30-15-6-1-7-16-30/h2-5,9-12,21H,1,6-8,13-20H2,(H,29,34). The van der Waals surface area contributed by atoms with Crippen LogP contribution in [-0.2, 0) is 6.54 Å². The third kappa shape index (κ3) is 5.12. The number of halogens is 1. The molecule has 3 aromatic rings. The number of anilines is 1. The number of nitrogens with one attached hydrogen (secondary N) is 1. The van der Waals surface area contributed by atoms with Gasteiger partial charge in [-0.2, -0.15) is 0 Å². The van der Waals surface area contributed by atoms with Gasteiger partial charge in [0.2, 0.25) is 0 Å². The number of hydrogen-bond donors (Lipinski definition) is 1. The number of amides is 2. The molecule has 0 saturated carbocycles. The highest BCUT2D eigenvalue weighted by atomic mass is 19.1. The van der Waals surface area contributed by atoms with Crippen molar-refractivity contribution in [2.24, 2.45) is 0 Å². The fourth-order valence-corrected chi connectivity index (χ4v) is 5.52. The largest absolute Gasteiger partial charge is 0.329 e. The zero-order chi connectivity index (χ0) is 24.2. The molecule has 2 aliphatic heterocycles. The number of aryl methyl sites for hydroxylation is 1. The van der Waals surface area contributed by atoms with Gasteiger partial charge in [0.25, 0.3) is 0 Å². The summed E-state index contributed by atoms with van der Waals surface area (Å²) in [6, 6.07) is 13.9. The maximum absolute atomic E-state index is 13.9. The number of rotatable bonds is 6. The van der Waals surface area contributed by atoms with Crippen molar-refractivity contribution in [3.63, 3.8) is 0 Å². The summed E-state index contributed by atoms with van der Waals surface area (Å²) in [6.07, 6.45) is 6.21. The minimum Gasteiger partial charge on any atom is -0.324 e. The molecule has 186 valence electrons. The lowest BCUT2D eigenvalue weighted by Gasteiger charge is -2.32. The molecular formula is C27H34FN5O2. The van der Waals surface area contributed by atoms with Crippen LogP contribution in [0, 0.1) is 5.82 Å². The molecule has 35 heavy (non-hydrogen) atoms. The second kappa shape index (κ2) is 10.6. The molecule has 2 saturated heterocycles. The van der Waals surface area contributed by atoms with Crippen LogP contribution in [0.25, 0.3) is 11.0 Å². The van der Waals surface area contributed by atoms with E-state index in [2.05, 4.69) is 10.2 Å². The molecule has 2 aromatic carbocycles. The third-order valence-corrected chi connectivity index (χ3v) is 7.41.